The summed E-state index contributed by atoms with van der Waals surface area (Å²) in [4.78, 5) is 24.0. The summed E-state index contributed by atoms with van der Waals surface area (Å²) in [5, 5.41) is 0. The van der Waals surface area contributed by atoms with E-state index in [9.17, 15) is 14.0 Å². The van der Waals surface area contributed by atoms with Gasteiger partial charge in [-0.2, -0.15) is 0 Å². The fourth-order valence-corrected chi connectivity index (χ4v) is 3.25. The van der Waals surface area contributed by atoms with Crippen LogP contribution in [0.25, 0.3) is 0 Å². The van der Waals surface area contributed by atoms with Crippen molar-refractivity contribution < 1.29 is 32.9 Å². The van der Waals surface area contributed by atoms with Crippen LogP contribution in [0.5, 0.6) is 5.75 Å². The summed E-state index contributed by atoms with van der Waals surface area (Å²) < 4.78 is 35.6. The number of carbonyl (C=O) groups excluding carboxylic acids is 2. The maximum absolute atomic E-state index is 14.2. The molecule has 6 nitrogen and oxygen atoms in total. The first-order chi connectivity index (χ1) is 13.5. The van der Waals surface area contributed by atoms with Gasteiger partial charge in [-0.1, -0.05) is 25.1 Å². The minimum atomic E-state index is -0.717. The largest absolute Gasteiger partial charge is 0.493 e. The van der Waals surface area contributed by atoms with Crippen molar-refractivity contribution in [1.82, 2.24) is 0 Å². The van der Waals surface area contributed by atoms with E-state index in [-0.39, 0.29) is 36.5 Å². The molecule has 0 amide bonds. The van der Waals surface area contributed by atoms with Crippen LogP contribution in [0.15, 0.2) is 24.3 Å². The second-order valence-electron chi connectivity index (χ2n) is 6.78. The maximum atomic E-state index is 14.2. The van der Waals surface area contributed by atoms with Crippen molar-refractivity contribution in [2.24, 2.45) is 5.92 Å². The molecule has 2 rings (SSSR count). The van der Waals surface area contributed by atoms with Crippen molar-refractivity contribution in [2.75, 3.05) is 21.0 Å². The molecule has 3 atom stereocenters. The number of ether oxygens (including phenoxy) is 4. The van der Waals surface area contributed by atoms with Crippen molar-refractivity contribution in [1.29, 1.82) is 0 Å². The fraction of sp³-hybridized carbons (Fsp3) is 0.524. The maximum Gasteiger partial charge on any atom is 0.342 e. The van der Waals surface area contributed by atoms with E-state index in [0.29, 0.717) is 24.7 Å². The molecule has 0 spiro atoms. The van der Waals surface area contributed by atoms with Gasteiger partial charge in [-0.15, -0.1) is 0 Å². The molecule has 154 valence electrons. The van der Waals surface area contributed by atoms with Gasteiger partial charge in [0.25, 0.3) is 0 Å². The van der Waals surface area contributed by atoms with E-state index in [4.69, 9.17) is 18.9 Å². The Labute approximate surface area is 164 Å². The number of fused-ring (bicyclic) bond motifs is 1. The first-order valence-electron chi connectivity index (χ1n) is 9.27. The van der Waals surface area contributed by atoms with Gasteiger partial charge in [-0.25, -0.2) is 9.18 Å². The first-order valence-corrected chi connectivity index (χ1v) is 9.27. The summed E-state index contributed by atoms with van der Waals surface area (Å²) >= 11 is 0. The molecule has 0 radical (unpaired) electrons. The quantitative estimate of drug-likeness (QED) is 0.318. The Bertz CT molecular complexity index is 702. The van der Waals surface area contributed by atoms with Gasteiger partial charge in [0, 0.05) is 20.0 Å². The van der Waals surface area contributed by atoms with E-state index in [1.54, 1.807) is 6.07 Å². The summed E-state index contributed by atoms with van der Waals surface area (Å²) in [5.41, 5.74) is 0.649. The molecule has 28 heavy (non-hydrogen) atoms. The lowest BCUT2D eigenvalue weighted by Crippen LogP contribution is -2.31. The molecule has 0 saturated heterocycles. The highest BCUT2D eigenvalue weighted by atomic mass is 19.1. The van der Waals surface area contributed by atoms with E-state index in [1.807, 2.05) is 19.1 Å². The minimum Gasteiger partial charge on any atom is -0.493 e. The molecular weight excluding hydrogens is 367 g/mol. The average Bonchev–Trinajstić information content (AvgIpc) is 2.67. The second kappa shape index (κ2) is 10.9. The highest BCUT2D eigenvalue weighted by Gasteiger charge is 2.28. The smallest absolute Gasteiger partial charge is 0.342 e. The Hall–Kier alpha value is -2.25. The topological polar surface area (TPSA) is 71.1 Å². The summed E-state index contributed by atoms with van der Waals surface area (Å²) in [6.07, 6.45) is 5.19. The van der Waals surface area contributed by atoms with Crippen LogP contribution in [-0.2, 0) is 25.4 Å². The Balaban J connectivity index is 2.41. The van der Waals surface area contributed by atoms with Crippen molar-refractivity contribution in [3.63, 3.8) is 0 Å². The van der Waals surface area contributed by atoms with Gasteiger partial charge in [-0.05, 0) is 30.4 Å². The lowest BCUT2D eigenvalue weighted by Gasteiger charge is -2.27. The Morgan fingerprint density at radius 1 is 1.29 bits per heavy atom. The Morgan fingerprint density at radius 2 is 2.07 bits per heavy atom. The molecule has 1 aromatic carbocycles. The molecule has 0 aromatic heterocycles. The highest BCUT2D eigenvalue weighted by Crippen LogP contribution is 2.30. The molecule has 0 unspecified atom stereocenters. The molecule has 0 N–H and O–H groups in total. The Kier molecular flexibility index (Phi) is 8.60. The van der Waals surface area contributed by atoms with Gasteiger partial charge in [0.1, 0.15) is 24.7 Å². The zero-order valence-electron chi connectivity index (χ0n) is 16.5. The number of cyclic esters (lactones) is 1. The van der Waals surface area contributed by atoms with E-state index in [1.165, 1.54) is 20.3 Å². The minimum absolute atomic E-state index is 0.0219. The van der Waals surface area contributed by atoms with E-state index >= 15 is 0 Å². The number of hydrogen-bond acceptors (Lipinski definition) is 6. The summed E-state index contributed by atoms with van der Waals surface area (Å²) in [7, 11) is 2.83. The van der Waals surface area contributed by atoms with Crippen LogP contribution in [0, 0.1) is 11.7 Å². The van der Waals surface area contributed by atoms with Gasteiger partial charge < -0.3 is 23.7 Å². The van der Waals surface area contributed by atoms with Crippen LogP contribution in [0.1, 0.15) is 42.1 Å². The highest BCUT2D eigenvalue weighted by molar-refractivity contribution is 5.94. The number of hydrogen-bond donors (Lipinski definition) is 0. The monoisotopic (exact) mass is 394 g/mol. The van der Waals surface area contributed by atoms with Crippen molar-refractivity contribution in [3.05, 3.63) is 41.2 Å². The van der Waals surface area contributed by atoms with Crippen molar-refractivity contribution in [2.45, 2.75) is 44.8 Å². The van der Waals surface area contributed by atoms with E-state index in [2.05, 4.69) is 0 Å². The van der Waals surface area contributed by atoms with Crippen LogP contribution < -0.4 is 4.74 Å². The normalized spacial score (nSPS) is 24.3. The molecular formula is C21H27FO6. The standard InChI is InChI=1S/C21H27FO6/c1-14-6-4-5-7-15-8-9-17(22)20(26-3)19(15)21(24)28-16(10-11-23)12-18(14)27-13-25-2/h4-5,8-9,11,14,16,18H,6-7,10,12-13H2,1-3H3/b5-4+/t14-,16-,18+/m0/s1. The van der Waals surface area contributed by atoms with Gasteiger partial charge in [0.05, 0.1) is 13.2 Å². The predicted octanol–water partition coefficient (Wildman–Crippen LogP) is 3.47. The number of methoxy groups -OCH3 is 2. The molecule has 0 bridgehead atoms. The SMILES string of the molecule is COCO[C@@H]1C[C@H](CC=O)OC(=O)c2c(ccc(F)c2OC)C/C=C/C[C@@H]1C. The molecule has 0 saturated carbocycles. The van der Waals surface area contributed by atoms with Crippen LogP contribution >= 0.6 is 0 Å². The first kappa shape index (κ1) is 22.0. The van der Waals surface area contributed by atoms with Crippen molar-refractivity contribution >= 4 is 12.3 Å². The van der Waals surface area contributed by atoms with Crippen LogP contribution in [0.4, 0.5) is 4.39 Å². The number of carbonyl (C=O) groups is 2. The number of esters is 1. The fourth-order valence-electron chi connectivity index (χ4n) is 3.25. The number of benzene rings is 1. The predicted molar refractivity (Wildman–Crippen MR) is 101 cm³/mol. The molecule has 1 aromatic rings. The summed E-state index contributed by atoms with van der Waals surface area (Å²) in [6, 6.07) is 2.82. The van der Waals surface area contributed by atoms with Crippen LogP contribution in [-0.4, -0.2) is 45.5 Å². The summed E-state index contributed by atoms with van der Waals surface area (Å²) in [5.74, 6) is -1.39. The van der Waals surface area contributed by atoms with Gasteiger partial charge in [0.2, 0.25) is 0 Å². The van der Waals surface area contributed by atoms with E-state index in [0.717, 1.165) is 6.42 Å². The van der Waals surface area contributed by atoms with E-state index < -0.39 is 17.9 Å². The molecule has 1 aliphatic rings. The number of rotatable bonds is 6. The zero-order chi connectivity index (χ0) is 20.5. The summed E-state index contributed by atoms with van der Waals surface area (Å²) in [6.45, 7) is 2.13. The van der Waals surface area contributed by atoms with Crippen LogP contribution in [0.2, 0.25) is 0 Å². The van der Waals surface area contributed by atoms with Crippen molar-refractivity contribution in [3.8, 4) is 5.75 Å². The lowest BCUT2D eigenvalue weighted by atomic mass is 9.93. The Morgan fingerprint density at radius 3 is 2.75 bits per heavy atom. The molecule has 1 heterocycles. The molecule has 0 aliphatic carbocycles. The molecule has 0 fully saturated rings. The third-order valence-electron chi connectivity index (χ3n) is 4.78. The van der Waals surface area contributed by atoms with Gasteiger partial charge in [0.15, 0.2) is 11.6 Å². The number of aldehydes is 1. The van der Waals surface area contributed by atoms with Gasteiger partial charge in [-0.3, -0.25) is 0 Å². The molecule has 7 heteroatoms. The third kappa shape index (κ3) is 5.62. The number of halogens is 1. The van der Waals surface area contributed by atoms with Crippen LogP contribution in [0.3, 0.4) is 0 Å². The van der Waals surface area contributed by atoms with Gasteiger partial charge >= 0.3 is 5.97 Å². The zero-order valence-corrected chi connectivity index (χ0v) is 16.5. The lowest BCUT2D eigenvalue weighted by molar-refractivity contribution is -0.114. The number of allylic oxidation sites excluding steroid dienone is 2. The molecule has 1 aliphatic heterocycles. The average molecular weight is 394 g/mol. The third-order valence-corrected chi connectivity index (χ3v) is 4.78. The second-order valence-corrected chi connectivity index (χ2v) is 6.78.